The summed E-state index contributed by atoms with van der Waals surface area (Å²) >= 11 is 0. The molecule has 5 heterocycles. The first-order valence-electron chi connectivity index (χ1n) is 13.5. The van der Waals surface area contributed by atoms with Crippen molar-refractivity contribution in [1.82, 2.24) is 0 Å². The number of cyclic esters (lactones) is 2. The van der Waals surface area contributed by atoms with Gasteiger partial charge in [-0.3, -0.25) is 14.4 Å². The highest BCUT2D eigenvalue weighted by Gasteiger charge is 2.96. The summed E-state index contributed by atoms with van der Waals surface area (Å²) in [6.07, 6.45) is 0.814. The largest absolute Gasteiger partial charge is 0.472 e. The average molecular weight is 547 g/mol. The number of ether oxygens (including phenoxy) is 4. The molecule has 11 heteroatoms. The monoisotopic (exact) mass is 546 g/mol. The first-order valence-corrected chi connectivity index (χ1v) is 13.5. The van der Waals surface area contributed by atoms with Gasteiger partial charge >= 0.3 is 17.9 Å². The minimum absolute atomic E-state index is 0.0888. The highest BCUT2D eigenvalue weighted by molar-refractivity contribution is 5.74. The molecule has 4 aliphatic heterocycles. The molecule has 7 rings (SSSR count). The summed E-state index contributed by atoms with van der Waals surface area (Å²) in [7, 11) is 0. The number of fused-ring (bicyclic) bond motifs is 1. The Kier molecular flexibility index (Phi) is 4.61. The molecule has 2 bridgehead atoms. The van der Waals surface area contributed by atoms with E-state index in [2.05, 4.69) is 0 Å². The molecule has 0 unspecified atom stereocenters. The van der Waals surface area contributed by atoms with E-state index in [0.717, 1.165) is 0 Å². The van der Waals surface area contributed by atoms with Gasteiger partial charge in [-0.15, -0.1) is 0 Å². The third kappa shape index (κ3) is 2.46. The molecule has 2 saturated carbocycles. The lowest BCUT2D eigenvalue weighted by atomic mass is 9.34. The summed E-state index contributed by atoms with van der Waals surface area (Å²) in [5.74, 6) is -5.33. The molecule has 1 aromatic heterocycles. The maximum Gasteiger partial charge on any atom is 0.309 e. The molecule has 10 atom stereocenters. The summed E-state index contributed by atoms with van der Waals surface area (Å²) < 4.78 is 29.0. The summed E-state index contributed by atoms with van der Waals surface area (Å²) in [5, 5.41) is 38.0. The molecule has 4 saturated heterocycles. The minimum Gasteiger partial charge on any atom is -0.472 e. The molecule has 0 aromatic carbocycles. The lowest BCUT2D eigenvalue weighted by Gasteiger charge is -2.71. The summed E-state index contributed by atoms with van der Waals surface area (Å²) in [6.45, 7) is 6.43. The second-order valence-electron chi connectivity index (χ2n) is 13.5. The van der Waals surface area contributed by atoms with E-state index < -0.39 is 87.2 Å². The lowest BCUT2D eigenvalue weighted by Crippen LogP contribution is -2.84. The zero-order chi connectivity index (χ0) is 28.0. The van der Waals surface area contributed by atoms with Crippen LogP contribution in [0.15, 0.2) is 23.0 Å². The van der Waals surface area contributed by atoms with E-state index in [-0.39, 0.29) is 19.4 Å². The van der Waals surface area contributed by atoms with Crippen LogP contribution in [-0.4, -0.2) is 68.5 Å². The fourth-order valence-corrected chi connectivity index (χ4v) is 10.3. The van der Waals surface area contributed by atoms with Gasteiger partial charge < -0.3 is 38.7 Å². The highest BCUT2D eigenvalue weighted by atomic mass is 16.7. The molecule has 212 valence electrons. The van der Waals surface area contributed by atoms with Gasteiger partial charge in [0.25, 0.3) is 0 Å². The van der Waals surface area contributed by atoms with E-state index in [0.29, 0.717) is 18.4 Å². The van der Waals surface area contributed by atoms with Gasteiger partial charge in [0.05, 0.1) is 24.4 Å². The highest BCUT2D eigenvalue weighted by Crippen LogP contribution is 2.83. The van der Waals surface area contributed by atoms with Crippen LogP contribution in [-0.2, 0) is 33.3 Å². The third-order valence-electron chi connectivity index (χ3n) is 11.7. The number of hydrogen-bond donors (Lipinski definition) is 3. The number of esters is 3. The molecule has 0 radical (unpaired) electrons. The van der Waals surface area contributed by atoms with E-state index in [1.165, 1.54) is 19.5 Å². The Hall–Kier alpha value is -2.47. The molecule has 11 nitrogen and oxygen atoms in total. The van der Waals surface area contributed by atoms with E-state index in [4.69, 9.17) is 23.4 Å². The van der Waals surface area contributed by atoms with E-state index in [1.54, 1.807) is 6.07 Å². The zero-order valence-corrected chi connectivity index (χ0v) is 22.4. The topological polar surface area (TPSA) is 162 Å². The molecule has 3 N–H and O–H groups in total. The van der Waals surface area contributed by atoms with Crippen LogP contribution in [0, 0.1) is 28.1 Å². The van der Waals surface area contributed by atoms with Crippen molar-refractivity contribution in [2.24, 2.45) is 28.1 Å². The smallest absolute Gasteiger partial charge is 0.309 e. The van der Waals surface area contributed by atoms with Gasteiger partial charge in [0.15, 0.2) is 5.60 Å². The van der Waals surface area contributed by atoms with Crippen LogP contribution < -0.4 is 0 Å². The second kappa shape index (κ2) is 7.05. The second-order valence-corrected chi connectivity index (χ2v) is 13.5. The predicted molar refractivity (Wildman–Crippen MR) is 127 cm³/mol. The molecule has 2 spiro atoms. The van der Waals surface area contributed by atoms with Crippen molar-refractivity contribution in [1.29, 1.82) is 0 Å². The van der Waals surface area contributed by atoms with Crippen molar-refractivity contribution in [2.75, 3.05) is 6.61 Å². The minimum atomic E-state index is -2.33. The fraction of sp³-hybridized carbons (Fsp3) is 0.750. The Morgan fingerprint density at radius 1 is 1.10 bits per heavy atom. The van der Waals surface area contributed by atoms with Gasteiger partial charge in [-0.05, 0) is 24.8 Å². The summed E-state index contributed by atoms with van der Waals surface area (Å²) in [5.41, 5.74) is -8.52. The third-order valence-corrected chi connectivity index (χ3v) is 11.7. The SMILES string of the molecule is CC(=O)O[C@H]1C(C)(C)[C@@H]2CC(=O)OC[C@@]23[C@H]2CC[C@@]4(C)[C@H](c5ccoc5)OC(=O)C[C@@]4(O)[C@@]24C[C@]1(O)[C@]3(O)O4. The lowest BCUT2D eigenvalue weighted by molar-refractivity contribution is -0.388. The Labute approximate surface area is 224 Å². The Morgan fingerprint density at radius 3 is 2.51 bits per heavy atom. The quantitative estimate of drug-likeness (QED) is 0.364. The van der Waals surface area contributed by atoms with Crippen molar-refractivity contribution in [3.8, 4) is 0 Å². The zero-order valence-electron chi connectivity index (χ0n) is 22.4. The van der Waals surface area contributed by atoms with Gasteiger partial charge in [-0.25, -0.2) is 0 Å². The van der Waals surface area contributed by atoms with E-state index >= 15 is 0 Å². The number of furan rings is 1. The predicted octanol–water partition coefficient (Wildman–Crippen LogP) is 1.53. The van der Waals surface area contributed by atoms with Crippen LogP contribution in [0.5, 0.6) is 0 Å². The van der Waals surface area contributed by atoms with Crippen LogP contribution in [0.3, 0.4) is 0 Å². The van der Waals surface area contributed by atoms with E-state index in [9.17, 15) is 29.7 Å². The van der Waals surface area contributed by atoms with E-state index in [1.807, 2.05) is 20.8 Å². The number of carbonyl (C=O) groups excluding carboxylic acids is 3. The maximum atomic E-state index is 13.1. The molecular weight excluding hydrogens is 512 g/mol. The molecule has 6 aliphatic rings. The Morgan fingerprint density at radius 2 is 1.85 bits per heavy atom. The van der Waals surface area contributed by atoms with Crippen molar-refractivity contribution in [3.63, 3.8) is 0 Å². The summed E-state index contributed by atoms with van der Waals surface area (Å²) in [6, 6.07) is 1.68. The summed E-state index contributed by atoms with van der Waals surface area (Å²) in [4.78, 5) is 38.1. The Bertz CT molecular complexity index is 1290. The van der Waals surface area contributed by atoms with Gasteiger partial charge in [-0.1, -0.05) is 20.8 Å². The normalized spacial score (nSPS) is 52.7. The van der Waals surface area contributed by atoms with Crippen LogP contribution in [0.1, 0.15) is 71.5 Å². The van der Waals surface area contributed by atoms with Crippen LogP contribution >= 0.6 is 0 Å². The van der Waals surface area contributed by atoms with Crippen LogP contribution in [0.4, 0.5) is 0 Å². The van der Waals surface area contributed by atoms with Gasteiger partial charge in [0, 0.05) is 42.1 Å². The van der Waals surface area contributed by atoms with Crippen LogP contribution in [0.2, 0.25) is 0 Å². The van der Waals surface area contributed by atoms with Gasteiger partial charge in [-0.2, -0.15) is 0 Å². The number of aliphatic hydroxyl groups is 3. The van der Waals surface area contributed by atoms with Crippen molar-refractivity contribution in [3.05, 3.63) is 24.2 Å². The molecule has 0 amide bonds. The van der Waals surface area contributed by atoms with Gasteiger partial charge in [0.2, 0.25) is 5.79 Å². The molecule has 1 aromatic rings. The standard InChI is InChI=1S/C28H34O11/c1-14(29)37-21-22(2,3)17-9-18(30)36-13-24(17)16-5-7-23(4)20(15-6-8-35-11-15)38-19(31)10-27(23,33)26(16)12-25(21,32)28(24,34)39-26/h6,8,11,16-17,20-21,32-34H,5,7,9-10,12-13H2,1-4H3/t16-,17+,20+,21+,23+,24-,25-,26-,27+,28-/m1/s1. The first-order chi connectivity index (χ1) is 18.1. The maximum absolute atomic E-state index is 13.1. The van der Waals surface area contributed by atoms with Crippen molar-refractivity contribution < 1.29 is 53.1 Å². The number of rotatable bonds is 2. The molecular formula is C28H34O11. The number of carbonyl (C=O) groups is 3. The molecule has 6 fully saturated rings. The Balaban J connectivity index is 1.47. The van der Waals surface area contributed by atoms with Crippen LogP contribution in [0.25, 0.3) is 0 Å². The number of hydrogen-bond acceptors (Lipinski definition) is 11. The first kappa shape index (κ1) is 25.5. The van der Waals surface area contributed by atoms with Crippen molar-refractivity contribution in [2.45, 2.75) is 94.6 Å². The molecule has 39 heavy (non-hydrogen) atoms. The van der Waals surface area contributed by atoms with Gasteiger partial charge in [0.1, 0.15) is 30.0 Å². The van der Waals surface area contributed by atoms with Crippen molar-refractivity contribution >= 4 is 17.9 Å². The average Bonchev–Trinajstić information content (AvgIpc) is 3.51. The fourth-order valence-electron chi connectivity index (χ4n) is 10.3. The molecule has 2 aliphatic carbocycles.